The smallest absolute Gasteiger partial charge is 0.128 e. The van der Waals surface area contributed by atoms with E-state index >= 15 is 0 Å². The molecule has 118 valence electrons. The lowest BCUT2D eigenvalue weighted by Gasteiger charge is -2.34. The van der Waals surface area contributed by atoms with Gasteiger partial charge in [0.2, 0.25) is 0 Å². The van der Waals surface area contributed by atoms with Crippen molar-refractivity contribution in [2.24, 2.45) is 0 Å². The number of alkyl halides is 1. The van der Waals surface area contributed by atoms with Crippen LogP contribution in [0.25, 0.3) is 0 Å². The molecule has 0 spiro atoms. The number of aromatic nitrogens is 4. The largest absolute Gasteiger partial charge is 0.354 e. The van der Waals surface area contributed by atoms with Crippen LogP contribution in [0.3, 0.4) is 0 Å². The second-order valence-corrected chi connectivity index (χ2v) is 5.47. The highest BCUT2D eigenvalue weighted by Gasteiger charge is 2.18. The molecular formula is C15H21FN6. The van der Waals surface area contributed by atoms with Crippen LogP contribution in [-0.4, -0.2) is 57.7 Å². The molecule has 2 aromatic rings. The van der Waals surface area contributed by atoms with Gasteiger partial charge in [0.1, 0.15) is 5.82 Å². The number of hydrogen-bond acceptors (Lipinski definition) is 5. The highest BCUT2D eigenvalue weighted by atomic mass is 19.1. The molecule has 3 heterocycles. The van der Waals surface area contributed by atoms with E-state index in [-0.39, 0.29) is 6.67 Å². The SMILES string of the molecule is FCCCn1cc(CN2CCN(c3ccccn3)CC2)nn1. The molecule has 1 saturated heterocycles. The molecule has 2 aromatic heterocycles. The molecule has 1 aliphatic heterocycles. The second-order valence-electron chi connectivity index (χ2n) is 5.47. The molecule has 0 amide bonds. The number of aryl methyl sites for hydroxylation is 1. The standard InChI is InChI=1S/C15H21FN6/c16-5-3-7-22-13-14(18-19-22)12-20-8-10-21(11-9-20)15-4-1-2-6-17-15/h1-2,4,6,13H,3,5,7-12H2. The average Bonchev–Trinajstić information content (AvgIpc) is 3.02. The van der Waals surface area contributed by atoms with Crippen molar-refractivity contribution in [2.75, 3.05) is 37.8 Å². The Labute approximate surface area is 129 Å². The first-order valence-electron chi connectivity index (χ1n) is 7.68. The van der Waals surface area contributed by atoms with Crippen molar-refractivity contribution in [2.45, 2.75) is 19.5 Å². The summed E-state index contributed by atoms with van der Waals surface area (Å²) in [5, 5.41) is 8.20. The number of piperazine rings is 1. The summed E-state index contributed by atoms with van der Waals surface area (Å²) in [4.78, 5) is 9.06. The Hall–Kier alpha value is -2.02. The molecule has 1 fully saturated rings. The van der Waals surface area contributed by atoms with E-state index in [1.165, 1.54) is 0 Å². The van der Waals surface area contributed by atoms with Gasteiger partial charge in [-0.25, -0.2) is 4.98 Å². The van der Waals surface area contributed by atoms with E-state index in [2.05, 4.69) is 25.1 Å². The predicted octanol–water partition coefficient (Wildman–Crippen LogP) is 1.35. The van der Waals surface area contributed by atoms with Gasteiger partial charge in [0, 0.05) is 51.7 Å². The number of nitrogens with zero attached hydrogens (tertiary/aromatic N) is 6. The monoisotopic (exact) mass is 304 g/mol. The van der Waals surface area contributed by atoms with Crippen molar-refractivity contribution in [1.82, 2.24) is 24.9 Å². The first kappa shape index (κ1) is 14.9. The van der Waals surface area contributed by atoms with Gasteiger partial charge in [0.25, 0.3) is 0 Å². The average molecular weight is 304 g/mol. The molecule has 0 aromatic carbocycles. The van der Waals surface area contributed by atoms with Crippen molar-refractivity contribution in [3.63, 3.8) is 0 Å². The summed E-state index contributed by atoms with van der Waals surface area (Å²) < 4.78 is 13.9. The molecule has 0 unspecified atom stereocenters. The van der Waals surface area contributed by atoms with E-state index in [9.17, 15) is 4.39 Å². The molecule has 22 heavy (non-hydrogen) atoms. The third kappa shape index (κ3) is 3.79. The van der Waals surface area contributed by atoms with Crippen LogP contribution < -0.4 is 4.90 Å². The van der Waals surface area contributed by atoms with E-state index in [4.69, 9.17) is 0 Å². The van der Waals surface area contributed by atoms with Crippen molar-refractivity contribution in [3.8, 4) is 0 Å². The zero-order chi connectivity index (χ0) is 15.2. The molecule has 7 heteroatoms. The van der Waals surface area contributed by atoms with Gasteiger partial charge in [-0.1, -0.05) is 11.3 Å². The minimum atomic E-state index is -0.315. The van der Waals surface area contributed by atoms with Gasteiger partial charge in [0.05, 0.1) is 12.4 Å². The van der Waals surface area contributed by atoms with Gasteiger partial charge >= 0.3 is 0 Å². The first-order chi connectivity index (χ1) is 10.8. The molecule has 0 radical (unpaired) electrons. The van der Waals surface area contributed by atoms with Gasteiger partial charge in [-0.3, -0.25) is 14.0 Å². The number of rotatable bonds is 6. The molecule has 0 N–H and O–H groups in total. The number of hydrogen-bond donors (Lipinski definition) is 0. The second kappa shape index (κ2) is 7.31. The summed E-state index contributed by atoms with van der Waals surface area (Å²) in [6.07, 6.45) is 4.24. The quantitative estimate of drug-likeness (QED) is 0.806. The fraction of sp³-hybridized carbons (Fsp3) is 0.533. The third-order valence-electron chi connectivity index (χ3n) is 3.84. The predicted molar refractivity (Wildman–Crippen MR) is 82.3 cm³/mol. The van der Waals surface area contributed by atoms with E-state index in [0.717, 1.165) is 44.2 Å². The van der Waals surface area contributed by atoms with Crippen LogP contribution in [0.5, 0.6) is 0 Å². The topological polar surface area (TPSA) is 50.1 Å². The van der Waals surface area contributed by atoms with Crippen LogP contribution in [0, 0.1) is 0 Å². The van der Waals surface area contributed by atoms with Crippen LogP contribution >= 0.6 is 0 Å². The van der Waals surface area contributed by atoms with Crippen LogP contribution in [0.2, 0.25) is 0 Å². The maximum atomic E-state index is 12.2. The first-order valence-corrected chi connectivity index (χ1v) is 7.68. The molecular weight excluding hydrogens is 283 g/mol. The summed E-state index contributed by atoms with van der Waals surface area (Å²) >= 11 is 0. The highest BCUT2D eigenvalue weighted by Crippen LogP contribution is 2.13. The Bertz CT molecular complexity index is 564. The minimum absolute atomic E-state index is 0.315. The normalized spacial score (nSPS) is 16.1. The van der Waals surface area contributed by atoms with Crippen LogP contribution in [0.4, 0.5) is 10.2 Å². The summed E-state index contributed by atoms with van der Waals surface area (Å²) in [5.74, 6) is 1.04. The molecule has 1 aliphatic rings. The van der Waals surface area contributed by atoms with Gasteiger partial charge < -0.3 is 4.90 Å². The van der Waals surface area contributed by atoms with Crippen molar-refractivity contribution in [3.05, 3.63) is 36.3 Å². The molecule has 0 aliphatic carbocycles. The lowest BCUT2D eigenvalue weighted by molar-refractivity contribution is 0.246. The van der Waals surface area contributed by atoms with Gasteiger partial charge in [0.15, 0.2) is 0 Å². The Morgan fingerprint density at radius 1 is 1.14 bits per heavy atom. The number of pyridine rings is 1. The molecule has 3 rings (SSSR count). The summed E-state index contributed by atoms with van der Waals surface area (Å²) in [7, 11) is 0. The van der Waals surface area contributed by atoms with Crippen LogP contribution in [0.1, 0.15) is 12.1 Å². The molecule has 6 nitrogen and oxygen atoms in total. The van der Waals surface area contributed by atoms with Gasteiger partial charge in [-0.15, -0.1) is 5.10 Å². The molecule has 0 saturated carbocycles. The van der Waals surface area contributed by atoms with E-state index in [0.29, 0.717) is 13.0 Å². The van der Waals surface area contributed by atoms with Gasteiger partial charge in [-0.2, -0.15) is 0 Å². The van der Waals surface area contributed by atoms with Crippen LogP contribution in [-0.2, 0) is 13.1 Å². The van der Waals surface area contributed by atoms with Gasteiger partial charge in [-0.05, 0) is 18.6 Å². The molecule has 0 atom stereocenters. The highest BCUT2D eigenvalue weighted by molar-refractivity contribution is 5.38. The van der Waals surface area contributed by atoms with Crippen molar-refractivity contribution >= 4 is 5.82 Å². The summed E-state index contributed by atoms with van der Waals surface area (Å²) in [5.41, 5.74) is 0.949. The Morgan fingerprint density at radius 2 is 2.00 bits per heavy atom. The molecule has 0 bridgehead atoms. The fourth-order valence-corrected chi connectivity index (χ4v) is 2.65. The van der Waals surface area contributed by atoms with Crippen molar-refractivity contribution in [1.29, 1.82) is 0 Å². The maximum absolute atomic E-state index is 12.2. The number of anilines is 1. The Kier molecular flexibility index (Phi) is 4.95. The third-order valence-corrected chi connectivity index (χ3v) is 3.84. The maximum Gasteiger partial charge on any atom is 0.128 e. The zero-order valence-corrected chi connectivity index (χ0v) is 12.6. The fourth-order valence-electron chi connectivity index (χ4n) is 2.65. The summed E-state index contributed by atoms with van der Waals surface area (Å²) in [6, 6.07) is 6.00. The van der Waals surface area contributed by atoms with E-state index in [1.807, 2.05) is 30.6 Å². The number of halogens is 1. The minimum Gasteiger partial charge on any atom is -0.354 e. The Morgan fingerprint density at radius 3 is 2.73 bits per heavy atom. The lowest BCUT2D eigenvalue weighted by Crippen LogP contribution is -2.46. The Balaban J connectivity index is 1.48. The summed E-state index contributed by atoms with van der Waals surface area (Å²) in [6.45, 7) is 4.97. The zero-order valence-electron chi connectivity index (χ0n) is 12.6. The van der Waals surface area contributed by atoms with E-state index < -0.39 is 0 Å². The van der Waals surface area contributed by atoms with Crippen molar-refractivity contribution < 1.29 is 4.39 Å². The van der Waals surface area contributed by atoms with E-state index in [1.54, 1.807) is 4.68 Å². The lowest BCUT2D eigenvalue weighted by atomic mass is 10.3. The van der Waals surface area contributed by atoms with Crippen LogP contribution in [0.15, 0.2) is 30.6 Å².